The van der Waals surface area contributed by atoms with E-state index < -0.39 is 0 Å². The van der Waals surface area contributed by atoms with Crippen molar-refractivity contribution in [3.63, 3.8) is 0 Å². The first-order valence-electron chi connectivity index (χ1n) is 12.7. The van der Waals surface area contributed by atoms with Crippen LogP contribution in [0.15, 0.2) is 97.1 Å². The van der Waals surface area contributed by atoms with Gasteiger partial charge >= 0.3 is 0 Å². The van der Waals surface area contributed by atoms with Crippen molar-refractivity contribution < 1.29 is 9.59 Å². The SMILES string of the molecule is Cc1cc(-c2ccc(N3C(=O)CSC3c3ccccc3)c(C)c2)ccc1N1C(=O)CSC1c1ccccc1. The number of nitrogens with zero attached hydrogens (tertiary/aromatic N) is 2. The highest BCUT2D eigenvalue weighted by atomic mass is 32.2. The highest BCUT2D eigenvalue weighted by Crippen LogP contribution is 2.45. The molecule has 6 rings (SSSR count). The number of amides is 2. The minimum Gasteiger partial charge on any atom is -0.295 e. The first-order chi connectivity index (χ1) is 18.5. The molecule has 0 aliphatic carbocycles. The van der Waals surface area contributed by atoms with Gasteiger partial charge in [0, 0.05) is 11.4 Å². The van der Waals surface area contributed by atoms with E-state index in [0.29, 0.717) is 11.5 Å². The molecule has 2 unspecified atom stereocenters. The zero-order valence-corrected chi connectivity index (χ0v) is 23.0. The molecule has 4 aromatic carbocycles. The second-order valence-electron chi connectivity index (χ2n) is 9.68. The van der Waals surface area contributed by atoms with Crippen molar-refractivity contribution in [2.24, 2.45) is 0 Å². The van der Waals surface area contributed by atoms with Crippen molar-refractivity contribution in [2.45, 2.75) is 24.6 Å². The van der Waals surface area contributed by atoms with E-state index in [-0.39, 0.29) is 22.6 Å². The van der Waals surface area contributed by atoms with Crippen molar-refractivity contribution in [3.8, 4) is 11.1 Å². The molecule has 2 aliphatic heterocycles. The van der Waals surface area contributed by atoms with Gasteiger partial charge in [-0.25, -0.2) is 0 Å². The average molecular weight is 537 g/mol. The highest BCUT2D eigenvalue weighted by molar-refractivity contribution is 8.01. The Morgan fingerprint density at radius 2 is 0.974 bits per heavy atom. The van der Waals surface area contributed by atoms with E-state index in [4.69, 9.17) is 0 Å². The Balaban J connectivity index is 1.29. The molecule has 0 N–H and O–H groups in total. The molecule has 190 valence electrons. The van der Waals surface area contributed by atoms with E-state index in [0.717, 1.165) is 44.8 Å². The molecule has 0 bridgehead atoms. The summed E-state index contributed by atoms with van der Waals surface area (Å²) >= 11 is 3.35. The largest absolute Gasteiger partial charge is 0.295 e. The minimum absolute atomic E-state index is 0.0109. The first-order valence-corrected chi connectivity index (χ1v) is 14.8. The van der Waals surface area contributed by atoms with E-state index in [1.807, 2.05) is 46.2 Å². The fraction of sp³-hybridized carbons (Fsp3) is 0.188. The fourth-order valence-electron chi connectivity index (χ4n) is 5.31. The number of benzene rings is 4. The lowest BCUT2D eigenvalue weighted by molar-refractivity contribution is -0.116. The topological polar surface area (TPSA) is 40.6 Å². The summed E-state index contributed by atoms with van der Waals surface area (Å²) in [6.07, 6.45) is 0. The monoisotopic (exact) mass is 536 g/mol. The molecule has 0 aromatic heterocycles. The van der Waals surface area contributed by atoms with Gasteiger partial charge in [0.15, 0.2) is 0 Å². The van der Waals surface area contributed by atoms with Gasteiger partial charge in [-0.15, -0.1) is 23.5 Å². The lowest BCUT2D eigenvalue weighted by Crippen LogP contribution is -2.28. The number of hydrogen-bond acceptors (Lipinski definition) is 4. The maximum Gasteiger partial charge on any atom is 0.238 e. The van der Waals surface area contributed by atoms with Crippen LogP contribution in [0.25, 0.3) is 11.1 Å². The van der Waals surface area contributed by atoms with Crippen LogP contribution in [0.2, 0.25) is 0 Å². The quantitative estimate of drug-likeness (QED) is 0.264. The second-order valence-corrected chi connectivity index (χ2v) is 11.8. The van der Waals surface area contributed by atoms with E-state index in [2.05, 4.69) is 74.5 Å². The summed E-state index contributed by atoms with van der Waals surface area (Å²) in [4.78, 5) is 29.7. The molecule has 2 fully saturated rings. The molecule has 0 spiro atoms. The average Bonchev–Trinajstić information content (AvgIpc) is 3.52. The van der Waals surface area contributed by atoms with Gasteiger partial charge < -0.3 is 0 Å². The summed E-state index contributed by atoms with van der Waals surface area (Å²) in [6.45, 7) is 4.14. The fourth-order valence-corrected chi connectivity index (χ4v) is 7.65. The Hall–Kier alpha value is -3.48. The number of aryl methyl sites for hydroxylation is 2. The predicted octanol–water partition coefficient (Wildman–Crippen LogP) is 7.53. The molecule has 0 saturated carbocycles. The van der Waals surface area contributed by atoms with Crippen LogP contribution < -0.4 is 9.80 Å². The molecule has 2 atom stereocenters. The third-order valence-electron chi connectivity index (χ3n) is 7.15. The van der Waals surface area contributed by atoms with Gasteiger partial charge in [-0.3, -0.25) is 19.4 Å². The summed E-state index contributed by atoms with van der Waals surface area (Å²) in [5.41, 5.74) is 8.51. The zero-order chi connectivity index (χ0) is 26.2. The van der Waals surface area contributed by atoms with Crippen molar-refractivity contribution in [1.29, 1.82) is 0 Å². The maximum absolute atomic E-state index is 12.9. The third-order valence-corrected chi connectivity index (χ3v) is 9.58. The van der Waals surface area contributed by atoms with E-state index in [1.54, 1.807) is 23.5 Å². The predicted molar refractivity (Wildman–Crippen MR) is 160 cm³/mol. The van der Waals surface area contributed by atoms with Gasteiger partial charge in [0.2, 0.25) is 11.8 Å². The van der Waals surface area contributed by atoms with Crippen LogP contribution >= 0.6 is 23.5 Å². The van der Waals surface area contributed by atoms with Crippen LogP contribution in [0.5, 0.6) is 0 Å². The molecule has 2 heterocycles. The number of hydrogen-bond donors (Lipinski definition) is 0. The molecule has 2 aliphatic rings. The zero-order valence-electron chi connectivity index (χ0n) is 21.3. The summed E-state index contributed by atoms with van der Waals surface area (Å²) in [5.74, 6) is 1.25. The standard InChI is InChI=1S/C32H28N2O2S2/c1-21-17-25(13-15-27(21)33-29(35)19-37-31(33)23-9-5-3-6-10-23)26-14-16-28(22(2)18-26)34-30(36)20-38-32(34)24-11-7-4-8-12-24/h3-18,31-32H,19-20H2,1-2H3. The van der Waals surface area contributed by atoms with Crippen LogP contribution in [0.4, 0.5) is 11.4 Å². The lowest BCUT2D eigenvalue weighted by atomic mass is 9.99. The van der Waals surface area contributed by atoms with Crippen molar-refractivity contribution in [2.75, 3.05) is 21.3 Å². The number of rotatable bonds is 5. The second kappa shape index (κ2) is 10.4. The molecule has 2 saturated heterocycles. The number of carbonyl (C=O) groups is 2. The van der Waals surface area contributed by atoms with Crippen LogP contribution in [0, 0.1) is 13.8 Å². The number of carbonyl (C=O) groups excluding carboxylic acids is 2. The van der Waals surface area contributed by atoms with E-state index >= 15 is 0 Å². The molecule has 2 amide bonds. The van der Waals surface area contributed by atoms with Gasteiger partial charge in [0.1, 0.15) is 10.7 Å². The van der Waals surface area contributed by atoms with Gasteiger partial charge in [0.25, 0.3) is 0 Å². The number of thioether (sulfide) groups is 2. The molecule has 38 heavy (non-hydrogen) atoms. The molecule has 0 radical (unpaired) electrons. The molecule has 6 heteroatoms. The first kappa shape index (κ1) is 24.8. The van der Waals surface area contributed by atoms with Gasteiger partial charge in [0.05, 0.1) is 11.5 Å². The molecule has 4 nitrogen and oxygen atoms in total. The lowest BCUT2D eigenvalue weighted by Gasteiger charge is -2.27. The summed E-state index contributed by atoms with van der Waals surface area (Å²) < 4.78 is 0. The molecule has 4 aromatic rings. The Morgan fingerprint density at radius 3 is 1.34 bits per heavy atom. The van der Waals surface area contributed by atoms with Crippen molar-refractivity contribution in [3.05, 3.63) is 119 Å². The highest BCUT2D eigenvalue weighted by Gasteiger charge is 2.36. The van der Waals surface area contributed by atoms with Crippen molar-refractivity contribution in [1.82, 2.24) is 0 Å². The third kappa shape index (κ3) is 4.52. The van der Waals surface area contributed by atoms with Crippen LogP contribution in [-0.2, 0) is 9.59 Å². The molecular weight excluding hydrogens is 508 g/mol. The van der Waals surface area contributed by atoms with E-state index in [9.17, 15) is 9.59 Å². The van der Waals surface area contributed by atoms with Crippen LogP contribution in [0.3, 0.4) is 0 Å². The maximum atomic E-state index is 12.9. The van der Waals surface area contributed by atoms with Crippen LogP contribution in [0.1, 0.15) is 33.0 Å². The smallest absolute Gasteiger partial charge is 0.238 e. The Labute approximate surface area is 232 Å². The molecular formula is C32H28N2O2S2. The Morgan fingerprint density at radius 1 is 0.579 bits per heavy atom. The summed E-state index contributed by atoms with van der Waals surface area (Å²) in [7, 11) is 0. The van der Waals surface area contributed by atoms with Crippen LogP contribution in [-0.4, -0.2) is 23.3 Å². The number of anilines is 2. The van der Waals surface area contributed by atoms with Crippen molar-refractivity contribution >= 4 is 46.7 Å². The normalized spacial score (nSPS) is 19.4. The summed E-state index contributed by atoms with van der Waals surface area (Å²) in [6, 6.07) is 33.1. The summed E-state index contributed by atoms with van der Waals surface area (Å²) in [5, 5.41) is -0.0218. The van der Waals surface area contributed by atoms with Gasteiger partial charge in [-0.05, 0) is 71.5 Å². The Bertz CT molecular complexity index is 1390. The van der Waals surface area contributed by atoms with Gasteiger partial charge in [-0.1, -0.05) is 72.8 Å². The Kier molecular flexibility index (Phi) is 6.76. The van der Waals surface area contributed by atoms with E-state index in [1.165, 1.54) is 0 Å². The minimum atomic E-state index is -0.0109. The van der Waals surface area contributed by atoms with Gasteiger partial charge in [-0.2, -0.15) is 0 Å².